The molecule has 1 spiro atoms. The summed E-state index contributed by atoms with van der Waals surface area (Å²) in [4.78, 5) is 25.0. The number of likely N-dealkylation sites (tertiary alicyclic amines) is 1. The van der Waals surface area contributed by atoms with Crippen LogP contribution in [0.2, 0.25) is 0 Å². The summed E-state index contributed by atoms with van der Waals surface area (Å²) in [5.41, 5.74) is -1.20. The molecule has 5 nitrogen and oxygen atoms in total. The van der Waals surface area contributed by atoms with Crippen LogP contribution in [0.4, 0.5) is 19.0 Å². The molecule has 1 unspecified atom stereocenters. The predicted molar refractivity (Wildman–Crippen MR) is 107 cm³/mol. The molecule has 30 heavy (non-hydrogen) atoms. The molecule has 2 aliphatic heterocycles. The second kappa shape index (κ2) is 8.09. The highest BCUT2D eigenvalue weighted by molar-refractivity contribution is 5.86. The van der Waals surface area contributed by atoms with Crippen molar-refractivity contribution in [2.24, 2.45) is 11.3 Å². The number of nitrogens with zero attached hydrogens (tertiary/aromatic N) is 4. The second-order valence-corrected chi connectivity index (χ2v) is 8.97. The minimum atomic E-state index is -4.40. The first kappa shape index (κ1) is 21.0. The minimum absolute atomic E-state index is 0.202. The Morgan fingerprint density at radius 2 is 1.93 bits per heavy atom. The molecule has 0 N–H and O–H groups in total. The zero-order valence-electron chi connectivity index (χ0n) is 17.0. The Morgan fingerprint density at radius 3 is 2.57 bits per heavy atom. The van der Waals surface area contributed by atoms with Gasteiger partial charge in [-0.1, -0.05) is 0 Å². The van der Waals surface area contributed by atoms with Crippen LogP contribution in [0.3, 0.4) is 0 Å². The lowest BCUT2D eigenvalue weighted by Crippen LogP contribution is -2.50. The summed E-state index contributed by atoms with van der Waals surface area (Å²) in [6, 6.07) is 2.74. The van der Waals surface area contributed by atoms with E-state index in [1.54, 1.807) is 0 Å². The van der Waals surface area contributed by atoms with Crippen LogP contribution in [-0.4, -0.2) is 48.0 Å². The first-order chi connectivity index (χ1) is 14.3. The lowest BCUT2D eigenvalue weighted by atomic mass is 9.78. The van der Waals surface area contributed by atoms with E-state index in [0.29, 0.717) is 31.4 Å². The van der Waals surface area contributed by atoms with Crippen molar-refractivity contribution in [2.45, 2.75) is 57.2 Å². The van der Waals surface area contributed by atoms with Crippen LogP contribution >= 0.6 is 0 Å². The number of carbonyl (C=O) groups is 1. The largest absolute Gasteiger partial charge is 0.417 e. The van der Waals surface area contributed by atoms with Gasteiger partial charge in [-0.25, -0.2) is 11.6 Å². The standard InChI is InChI=1S/C22H27F3N4O/c1-26-13-16-3-6-18(7-4-16)29-12-10-21(20(29)30)9-2-11-28(15-21)19-8-5-17(14-27-19)22(23,24)25/h5,8,14,16,18H,2-4,6-7,9-13,15H2/t16-,18-,21?. The van der Waals surface area contributed by atoms with Gasteiger partial charge in [-0.3, -0.25) is 4.79 Å². The summed E-state index contributed by atoms with van der Waals surface area (Å²) in [6.45, 7) is 9.61. The van der Waals surface area contributed by atoms with Crippen molar-refractivity contribution in [3.63, 3.8) is 0 Å². The van der Waals surface area contributed by atoms with Crippen LogP contribution in [0.5, 0.6) is 0 Å². The molecule has 0 aromatic carbocycles. The lowest BCUT2D eigenvalue weighted by Gasteiger charge is -2.41. The van der Waals surface area contributed by atoms with Gasteiger partial charge in [-0.05, 0) is 57.1 Å². The Labute approximate surface area is 175 Å². The maximum Gasteiger partial charge on any atom is 0.417 e. The number of hydrogen-bond donors (Lipinski definition) is 0. The highest BCUT2D eigenvalue weighted by Crippen LogP contribution is 2.43. The molecule has 162 valence electrons. The zero-order valence-corrected chi connectivity index (χ0v) is 17.0. The van der Waals surface area contributed by atoms with E-state index in [2.05, 4.69) is 14.7 Å². The summed E-state index contributed by atoms with van der Waals surface area (Å²) < 4.78 is 38.5. The summed E-state index contributed by atoms with van der Waals surface area (Å²) in [5.74, 6) is 1.17. The van der Waals surface area contributed by atoms with Crippen LogP contribution in [-0.2, 0) is 11.0 Å². The molecule has 0 radical (unpaired) electrons. The molecule has 1 saturated carbocycles. The molecule has 1 aromatic rings. The molecule has 1 atom stereocenters. The lowest BCUT2D eigenvalue weighted by molar-refractivity contribution is -0.139. The fourth-order valence-corrected chi connectivity index (χ4v) is 5.41. The summed E-state index contributed by atoms with van der Waals surface area (Å²) in [5, 5.41) is 0. The number of aromatic nitrogens is 1. The van der Waals surface area contributed by atoms with Gasteiger partial charge in [-0.2, -0.15) is 13.2 Å². The molecule has 3 heterocycles. The molecule has 2 saturated heterocycles. The number of alkyl halides is 3. The monoisotopic (exact) mass is 420 g/mol. The summed E-state index contributed by atoms with van der Waals surface area (Å²) >= 11 is 0. The van der Waals surface area contributed by atoms with Gasteiger partial charge >= 0.3 is 6.18 Å². The number of piperidine rings is 1. The van der Waals surface area contributed by atoms with Crippen LogP contribution in [0.25, 0.3) is 4.85 Å². The zero-order chi connectivity index (χ0) is 21.4. The quantitative estimate of drug-likeness (QED) is 0.681. The van der Waals surface area contributed by atoms with Gasteiger partial charge in [0.15, 0.2) is 0 Å². The summed E-state index contributed by atoms with van der Waals surface area (Å²) in [7, 11) is 0. The number of carbonyl (C=O) groups excluding carboxylic acids is 1. The average Bonchev–Trinajstić information content (AvgIpc) is 3.04. The van der Waals surface area contributed by atoms with Gasteiger partial charge in [0.1, 0.15) is 5.82 Å². The molecule has 3 aliphatic rings. The first-order valence-corrected chi connectivity index (χ1v) is 10.7. The predicted octanol–water partition coefficient (Wildman–Crippen LogP) is 4.40. The van der Waals surface area contributed by atoms with Gasteiger partial charge in [0.25, 0.3) is 0 Å². The Balaban J connectivity index is 1.42. The second-order valence-electron chi connectivity index (χ2n) is 8.97. The van der Waals surface area contributed by atoms with Crippen molar-refractivity contribution >= 4 is 11.7 Å². The maximum atomic E-state index is 13.4. The summed E-state index contributed by atoms with van der Waals surface area (Å²) in [6.07, 6.45) is 2.87. The van der Waals surface area contributed by atoms with E-state index < -0.39 is 17.2 Å². The van der Waals surface area contributed by atoms with Gasteiger partial charge < -0.3 is 14.6 Å². The molecule has 1 amide bonds. The third-order valence-corrected chi connectivity index (χ3v) is 7.13. The van der Waals surface area contributed by atoms with Crippen molar-refractivity contribution < 1.29 is 18.0 Å². The highest BCUT2D eigenvalue weighted by Gasteiger charge is 2.51. The molecular weight excluding hydrogens is 393 g/mol. The third kappa shape index (κ3) is 3.99. The topological polar surface area (TPSA) is 40.8 Å². The van der Waals surface area contributed by atoms with E-state index in [4.69, 9.17) is 6.57 Å². The number of halogens is 3. The Morgan fingerprint density at radius 1 is 1.17 bits per heavy atom. The number of anilines is 1. The number of amides is 1. The smallest absolute Gasteiger partial charge is 0.356 e. The molecule has 3 fully saturated rings. The molecule has 0 bridgehead atoms. The Kier molecular flexibility index (Phi) is 5.65. The molecule has 1 aromatic heterocycles. The van der Waals surface area contributed by atoms with Gasteiger partial charge in [0.05, 0.1) is 11.0 Å². The van der Waals surface area contributed by atoms with Gasteiger partial charge in [0.2, 0.25) is 12.5 Å². The number of hydrogen-bond acceptors (Lipinski definition) is 3. The van der Waals surface area contributed by atoms with Gasteiger partial charge in [-0.15, -0.1) is 0 Å². The van der Waals surface area contributed by atoms with E-state index >= 15 is 0 Å². The molecule has 4 rings (SSSR count). The molecular formula is C22H27F3N4O. The van der Waals surface area contributed by atoms with Gasteiger partial charge in [0, 0.05) is 37.8 Å². The van der Waals surface area contributed by atoms with Crippen molar-refractivity contribution in [1.82, 2.24) is 9.88 Å². The number of pyridine rings is 1. The van der Waals surface area contributed by atoms with Crippen molar-refractivity contribution in [3.8, 4) is 0 Å². The van der Waals surface area contributed by atoms with Crippen LogP contribution in [0.1, 0.15) is 50.5 Å². The van der Waals surface area contributed by atoms with Crippen molar-refractivity contribution in [2.75, 3.05) is 31.1 Å². The van der Waals surface area contributed by atoms with Crippen LogP contribution in [0.15, 0.2) is 18.3 Å². The van der Waals surface area contributed by atoms with Crippen LogP contribution < -0.4 is 4.90 Å². The average molecular weight is 420 g/mol. The first-order valence-electron chi connectivity index (χ1n) is 10.7. The van der Waals surface area contributed by atoms with Crippen LogP contribution in [0, 0.1) is 17.9 Å². The van der Waals surface area contributed by atoms with E-state index in [1.165, 1.54) is 6.07 Å². The van der Waals surface area contributed by atoms with E-state index in [0.717, 1.165) is 63.8 Å². The van der Waals surface area contributed by atoms with E-state index in [-0.39, 0.29) is 11.9 Å². The van der Waals surface area contributed by atoms with E-state index in [1.807, 2.05) is 4.90 Å². The SMILES string of the molecule is [C-]#[N+]C[C@H]1CC[C@H](N2CCC3(CCCN(c4ccc(C(F)(F)F)cn4)C3)C2=O)CC1. The Bertz CT molecular complexity index is 811. The minimum Gasteiger partial charge on any atom is -0.356 e. The van der Waals surface area contributed by atoms with Crippen molar-refractivity contribution in [3.05, 3.63) is 35.3 Å². The molecule has 1 aliphatic carbocycles. The van der Waals surface area contributed by atoms with Crippen molar-refractivity contribution in [1.29, 1.82) is 0 Å². The van der Waals surface area contributed by atoms with E-state index in [9.17, 15) is 18.0 Å². The molecule has 8 heteroatoms. The fourth-order valence-electron chi connectivity index (χ4n) is 5.41. The third-order valence-electron chi connectivity index (χ3n) is 7.13. The number of rotatable bonds is 3. The Hall–Kier alpha value is -2.30. The maximum absolute atomic E-state index is 13.4. The normalized spacial score (nSPS) is 30.0. The fraction of sp³-hybridized carbons (Fsp3) is 0.682. The highest BCUT2D eigenvalue weighted by atomic mass is 19.4.